The molecule has 0 saturated heterocycles. The van der Waals surface area contributed by atoms with Gasteiger partial charge in [-0.2, -0.15) is 0 Å². The molecule has 0 aromatic heterocycles. The lowest BCUT2D eigenvalue weighted by molar-refractivity contribution is -0.148. The van der Waals surface area contributed by atoms with E-state index in [0.29, 0.717) is 66.9 Å². The Kier molecular flexibility index (Phi) is 18.0. The van der Waals surface area contributed by atoms with Crippen LogP contribution in [0.4, 0.5) is 0 Å². The number of carbonyl (C=O) groups is 3. The number of methoxy groups -OCH3 is 1. The smallest absolute Gasteiger partial charge is 0.344 e. The molecule has 0 heterocycles. The third kappa shape index (κ3) is 15.6. The molecule has 0 aliphatic rings. The zero-order chi connectivity index (χ0) is 43.6. The van der Waals surface area contributed by atoms with Crippen molar-refractivity contribution in [2.75, 3.05) is 26.9 Å². The summed E-state index contributed by atoms with van der Waals surface area (Å²) in [6.45, 7) is -0.379. The van der Waals surface area contributed by atoms with E-state index >= 15 is 0 Å². The van der Waals surface area contributed by atoms with Gasteiger partial charge in [0.1, 0.15) is 36.2 Å². The molecule has 6 aromatic rings. The Morgan fingerprint density at radius 1 is 0.459 bits per heavy atom. The summed E-state index contributed by atoms with van der Waals surface area (Å²) in [5, 5.41) is 12.1. The zero-order valence-electron chi connectivity index (χ0n) is 32.8. The molecule has 0 bridgehead atoms. The van der Waals surface area contributed by atoms with E-state index in [9.17, 15) is 19.5 Å². The normalized spacial score (nSPS) is 10.4. The molecule has 0 unspecified atom stereocenters. The van der Waals surface area contributed by atoms with Gasteiger partial charge >= 0.3 is 17.9 Å². The SMILES string of the molecule is COC(=O)COc1ccc(Cl)cc1Cc1cc(Cl)ccc1OCC(=O)OCc1ccccc1.O=C(COc1ccc(Cl)cc1Cc1cc(Cl)ccc1O)OCc1ccccc1. The van der Waals surface area contributed by atoms with Crippen molar-refractivity contribution in [1.29, 1.82) is 0 Å². The third-order valence-electron chi connectivity index (χ3n) is 8.62. The Morgan fingerprint density at radius 2 is 0.803 bits per heavy atom. The highest BCUT2D eigenvalue weighted by atomic mass is 35.5. The molecule has 316 valence electrons. The number of hydrogen-bond acceptors (Lipinski definition) is 10. The maximum absolute atomic E-state index is 12.1. The lowest BCUT2D eigenvalue weighted by Crippen LogP contribution is -2.15. The Balaban J connectivity index is 0.000000234. The largest absolute Gasteiger partial charge is 0.508 e. The first-order chi connectivity index (χ1) is 29.4. The Morgan fingerprint density at radius 3 is 1.20 bits per heavy atom. The molecule has 14 heteroatoms. The molecule has 6 rings (SSSR count). The van der Waals surface area contributed by atoms with E-state index in [4.69, 9.17) is 70.1 Å². The summed E-state index contributed by atoms with van der Waals surface area (Å²) in [4.78, 5) is 35.6. The second kappa shape index (κ2) is 23.8. The highest BCUT2D eigenvalue weighted by Gasteiger charge is 2.15. The molecule has 0 atom stereocenters. The molecule has 0 aliphatic carbocycles. The first-order valence-corrected chi connectivity index (χ1v) is 20.1. The number of aromatic hydroxyl groups is 1. The highest BCUT2D eigenvalue weighted by molar-refractivity contribution is 6.31. The minimum Gasteiger partial charge on any atom is -0.508 e. The van der Waals surface area contributed by atoms with E-state index in [1.165, 1.54) is 13.2 Å². The van der Waals surface area contributed by atoms with Gasteiger partial charge in [-0.15, -0.1) is 0 Å². The minimum atomic E-state index is -0.503. The lowest BCUT2D eigenvalue weighted by atomic mass is 10.0. The monoisotopic (exact) mass is 904 g/mol. The van der Waals surface area contributed by atoms with Crippen LogP contribution in [-0.4, -0.2) is 49.9 Å². The summed E-state index contributed by atoms with van der Waals surface area (Å²) in [6, 6.07) is 38.8. The molecule has 0 spiro atoms. The van der Waals surface area contributed by atoms with Crippen LogP contribution < -0.4 is 14.2 Å². The molecule has 61 heavy (non-hydrogen) atoms. The summed E-state index contributed by atoms with van der Waals surface area (Å²) in [6.07, 6.45) is 0.688. The van der Waals surface area contributed by atoms with Gasteiger partial charge in [0, 0.05) is 49.6 Å². The van der Waals surface area contributed by atoms with Crippen molar-refractivity contribution in [3.8, 4) is 23.0 Å². The molecule has 1 N–H and O–H groups in total. The fourth-order valence-electron chi connectivity index (χ4n) is 5.62. The summed E-state index contributed by atoms with van der Waals surface area (Å²) < 4.78 is 32.0. The molecular weight excluding hydrogens is 866 g/mol. The average Bonchev–Trinajstić information content (AvgIpc) is 3.26. The molecule has 0 radical (unpaired) electrons. The molecule has 10 nitrogen and oxygen atoms in total. The summed E-state index contributed by atoms with van der Waals surface area (Å²) in [5.74, 6) is 0.0719. The quantitative estimate of drug-likeness (QED) is 0.0698. The van der Waals surface area contributed by atoms with Crippen molar-refractivity contribution >= 4 is 64.3 Å². The second-order valence-electron chi connectivity index (χ2n) is 13.1. The summed E-state index contributed by atoms with van der Waals surface area (Å²) in [5.41, 5.74) is 4.57. The van der Waals surface area contributed by atoms with Crippen molar-refractivity contribution in [1.82, 2.24) is 0 Å². The van der Waals surface area contributed by atoms with Gasteiger partial charge in [0.05, 0.1) is 7.11 Å². The molecule has 0 fully saturated rings. The van der Waals surface area contributed by atoms with Crippen molar-refractivity contribution in [2.45, 2.75) is 26.1 Å². The number of phenols is 1. The Bertz CT molecular complexity index is 2390. The number of hydrogen-bond donors (Lipinski definition) is 1. The van der Waals surface area contributed by atoms with Gasteiger partial charge in [-0.25, -0.2) is 14.4 Å². The van der Waals surface area contributed by atoms with Crippen molar-refractivity contribution in [3.63, 3.8) is 0 Å². The predicted molar refractivity (Wildman–Crippen MR) is 234 cm³/mol. The number of phenolic OH excluding ortho intramolecular Hbond substituents is 1. The van der Waals surface area contributed by atoms with Gasteiger partial charge in [-0.3, -0.25) is 0 Å². The first kappa shape index (κ1) is 46.2. The van der Waals surface area contributed by atoms with Crippen molar-refractivity contribution in [2.24, 2.45) is 0 Å². The van der Waals surface area contributed by atoms with Crippen LogP contribution in [0, 0.1) is 0 Å². The topological polar surface area (TPSA) is 127 Å². The van der Waals surface area contributed by atoms with E-state index in [1.54, 1.807) is 66.7 Å². The van der Waals surface area contributed by atoms with E-state index in [-0.39, 0.29) is 38.8 Å². The van der Waals surface area contributed by atoms with Gasteiger partial charge in [0.15, 0.2) is 19.8 Å². The number of ether oxygens (including phenoxy) is 6. The Labute approximate surface area is 373 Å². The van der Waals surface area contributed by atoms with E-state index in [1.807, 2.05) is 60.7 Å². The number of halogens is 4. The van der Waals surface area contributed by atoms with Crippen LogP contribution in [0.3, 0.4) is 0 Å². The van der Waals surface area contributed by atoms with Gasteiger partial charge < -0.3 is 33.5 Å². The summed E-state index contributed by atoms with van der Waals surface area (Å²) in [7, 11) is 1.29. The Hall–Kier alpha value is -5.91. The first-order valence-electron chi connectivity index (χ1n) is 18.6. The number of benzene rings is 6. The third-order valence-corrected chi connectivity index (χ3v) is 9.56. The van der Waals surface area contributed by atoms with E-state index in [2.05, 4.69) is 4.74 Å². The zero-order valence-corrected chi connectivity index (χ0v) is 35.8. The molecule has 0 aliphatic heterocycles. The van der Waals surface area contributed by atoms with Gasteiger partial charge in [-0.1, -0.05) is 107 Å². The summed E-state index contributed by atoms with van der Waals surface area (Å²) >= 11 is 24.5. The van der Waals surface area contributed by atoms with Crippen LogP contribution in [0.2, 0.25) is 20.1 Å². The highest BCUT2D eigenvalue weighted by Crippen LogP contribution is 2.32. The lowest BCUT2D eigenvalue weighted by Gasteiger charge is -2.15. The van der Waals surface area contributed by atoms with Crippen molar-refractivity contribution < 1.29 is 47.9 Å². The van der Waals surface area contributed by atoms with Crippen LogP contribution in [0.25, 0.3) is 0 Å². The maximum Gasteiger partial charge on any atom is 0.344 e. The van der Waals surface area contributed by atoms with Crippen LogP contribution >= 0.6 is 46.4 Å². The maximum atomic E-state index is 12.1. The minimum absolute atomic E-state index is 0.123. The van der Waals surface area contributed by atoms with Gasteiger partial charge in [0.25, 0.3) is 0 Å². The molecule has 0 saturated carbocycles. The molecular formula is C47H40Cl4O10. The molecule has 0 amide bonds. The van der Waals surface area contributed by atoms with Crippen LogP contribution in [0.15, 0.2) is 133 Å². The van der Waals surface area contributed by atoms with Gasteiger partial charge in [-0.05, 0) is 89.5 Å². The fourth-order valence-corrected chi connectivity index (χ4v) is 6.39. The predicted octanol–water partition coefficient (Wildman–Crippen LogP) is 10.7. The van der Waals surface area contributed by atoms with Crippen LogP contribution in [-0.2, 0) is 54.6 Å². The average molecular weight is 907 g/mol. The van der Waals surface area contributed by atoms with E-state index < -0.39 is 17.9 Å². The van der Waals surface area contributed by atoms with Crippen LogP contribution in [0.5, 0.6) is 23.0 Å². The number of rotatable bonds is 17. The molecule has 6 aromatic carbocycles. The standard InChI is InChI=1S/C25H22Cl2O6.C22H18Cl2O4/c1-30-24(28)15-31-22-9-7-20(26)12-18(22)11-19-13-21(27)8-10-23(19)32-16-25(29)33-14-17-5-3-2-4-6-17;23-18-6-8-20(25)16(11-18)10-17-12-19(24)7-9-21(17)27-14-22(26)28-13-15-4-2-1-3-5-15/h2-10,12-13H,11,14-16H2,1H3;1-9,11-12,25H,10,13-14H2. The van der Waals surface area contributed by atoms with Crippen LogP contribution in [0.1, 0.15) is 33.4 Å². The number of esters is 3. The fraction of sp³-hybridized carbons (Fsp3) is 0.170. The van der Waals surface area contributed by atoms with Crippen molar-refractivity contribution in [3.05, 3.63) is 187 Å². The number of carbonyl (C=O) groups excluding carboxylic acids is 3. The van der Waals surface area contributed by atoms with E-state index in [0.717, 1.165) is 16.7 Å². The van der Waals surface area contributed by atoms with Gasteiger partial charge in [0.2, 0.25) is 0 Å². The second-order valence-corrected chi connectivity index (χ2v) is 14.9.